The summed E-state index contributed by atoms with van der Waals surface area (Å²) in [5, 5.41) is 9.93. The number of nitrogens with one attached hydrogen (secondary N) is 1. The number of aliphatic hydroxyl groups is 1. The zero-order valence-electron chi connectivity index (χ0n) is 12.6. The average molecular weight is 323 g/mol. The van der Waals surface area contributed by atoms with E-state index >= 15 is 0 Å². The molecule has 2 aliphatic carbocycles. The standard InChI is InChI=1S/C16H21NO4S/c1-2-13(18)11-5-3-6-12(9-11)22(20,21)17-14-10-15(19)16(14)7-4-8-16/h3,5-6,9,14-15,17,19H,2,4,7-8,10H2,1H3. The molecule has 0 amide bonds. The molecule has 2 unspecified atom stereocenters. The molecule has 2 N–H and O–H groups in total. The summed E-state index contributed by atoms with van der Waals surface area (Å²) in [5.41, 5.74) is 0.154. The Labute approximate surface area is 130 Å². The Morgan fingerprint density at radius 3 is 2.68 bits per heavy atom. The predicted molar refractivity (Wildman–Crippen MR) is 82.1 cm³/mol. The molecule has 1 aromatic rings. The molecular weight excluding hydrogens is 302 g/mol. The quantitative estimate of drug-likeness (QED) is 0.810. The third-order valence-electron chi connectivity index (χ3n) is 5.19. The summed E-state index contributed by atoms with van der Waals surface area (Å²) in [5.74, 6) is -0.0772. The van der Waals surface area contributed by atoms with Crippen LogP contribution in [0.1, 0.15) is 49.4 Å². The van der Waals surface area contributed by atoms with Crippen LogP contribution in [0, 0.1) is 5.41 Å². The van der Waals surface area contributed by atoms with Crippen LogP contribution in [0.15, 0.2) is 29.2 Å². The van der Waals surface area contributed by atoms with E-state index in [-0.39, 0.29) is 22.1 Å². The number of sulfonamides is 1. The van der Waals surface area contributed by atoms with Crippen molar-refractivity contribution in [2.24, 2.45) is 5.41 Å². The fourth-order valence-electron chi connectivity index (χ4n) is 3.49. The van der Waals surface area contributed by atoms with Gasteiger partial charge in [0.15, 0.2) is 5.78 Å². The lowest BCUT2D eigenvalue weighted by Crippen LogP contribution is -2.66. The van der Waals surface area contributed by atoms with Crippen LogP contribution in [0.5, 0.6) is 0 Å². The van der Waals surface area contributed by atoms with E-state index in [1.54, 1.807) is 19.1 Å². The Morgan fingerprint density at radius 1 is 1.41 bits per heavy atom. The van der Waals surface area contributed by atoms with Gasteiger partial charge in [-0.1, -0.05) is 25.5 Å². The van der Waals surface area contributed by atoms with Crippen LogP contribution in [0.3, 0.4) is 0 Å². The molecule has 0 heterocycles. The fourth-order valence-corrected chi connectivity index (χ4v) is 4.87. The number of Topliss-reactive ketones (excluding diaryl/α,β-unsaturated/α-hetero) is 1. The zero-order chi connectivity index (χ0) is 16.0. The van der Waals surface area contributed by atoms with Gasteiger partial charge in [-0.3, -0.25) is 4.79 Å². The number of carbonyl (C=O) groups excluding carboxylic acids is 1. The number of hydrogen-bond acceptors (Lipinski definition) is 4. The van der Waals surface area contributed by atoms with Gasteiger partial charge in [0.25, 0.3) is 0 Å². The molecule has 1 spiro atoms. The van der Waals surface area contributed by atoms with Crippen LogP contribution in [0.4, 0.5) is 0 Å². The Balaban J connectivity index is 1.80. The molecule has 0 aromatic heterocycles. The van der Waals surface area contributed by atoms with Gasteiger partial charge in [-0.2, -0.15) is 0 Å². The molecule has 5 nitrogen and oxygen atoms in total. The van der Waals surface area contributed by atoms with Gasteiger partial charge in [0, 0.05) is 23.4 Å². The SMILES string of the molecule is CCC(=O)c1cccc(S(=O)(=O)NC2CC(O)C23CCC3)c1. The van der Waals surface area contributed by atoms with Crippen molar-refractivity contribution in [3.63, 3.8) is 0 Å². The van der Waals surface area contributed by atoms with E-state index in [0.717, 1.165) is 19.3 Å². The largest absolute Gasteiger partial charge is 0.392 e. The first-order chi connectivity index (χ1) is 10.4. The van der Waals surface area contributed by atoms with Crippen molar-refractivity contribution in [2.45, 2.75) is 56.1 Å². The zero-order valence-corrected chi connectivity index (χ0v) is 13.4. The Kier molecular flexibility index (Phi) is 3.87. The van der Waals surface area contributed by atoms with E-state index in [1.807, 2.05) is 0 Å². The fraction of sp³-hybridized carbons (Fsp3) is 0.562. The van der Waals surface area contributed by atoms with E-state index in [1.165, 1.54) is 12.1 Å². The second kappa shape index (κ2) is 5.44. The summed E-state index contributed by atoms with van der Waals surface area (Å²) in [7, 11) is -3.67. The molecule has 0 saturated heterocycles. The molecule has 2 atom stereocenters. The Bertz CT molecular complexity index is 694. The second-order valence-electron chi connectivity index (χ2n) is 6.32. The summed E-state index contributed by atoms with van der Waals surface area (Å²) in [6, 6.07) is 5.94. The summed E-state index contributed by atoms with van der Waals surface area (Å²) in [6.45, 7) is 1.75. The molecule has 6 heteroatoms. The number of ketones is 1. The maximum Gasteiger partial charge on any atom is 0.240 e. The van der Waals surface area contributed by atoms with Crippen molar-refractivity contribution in [2.75, 3.05) is 0 Å². The first-order valence-electron chi connectivity index (χ1n) is 7.73. The average Bonchev–Trinajstić information content (AvgIpc) is 2.44. The lowest BCUT2D eigenvalue weighted by Gasteiger charge is -2.59. The first kappa shape index (κ1) is 15.6. The maximum atomic E-state index is 12.5. The molecule has 0 radical (unpaired) electrons. The van der Waals surface area contributed by atoms with Crippen LogP contribution in [-0.2, 0) is 10.0 Å². The van der Waals surface area contributed by atoms with Gasteiger partial charge < -0.3 is 5.11 Å². The maximum absolute atomic E-state index is 12.5. The van der Waals surface area contributed by atoms with Crippen molar-refractivity contribution < 1.29 is 18.3 Å². The minimum Gasteiger partial charge on any atom is -0.392 e. The minimum atomic E-state index is -3.67. The van der Waals surface area contributed by atoms with Crippen LogP contribution >= 0.6 is 0 Å². The third kappa shape index (κ3) is 2.39. The molecule has 3 rings (SSSR count). The molecule has 1 aromatic carbocycles. The van der Waals surface area contributed by atoms with Gasteiger partial charge in [0.1, 0.15) is 0 Å². The summed E-state index contributed by atoms with van der Waals surface area (Å²) < 4.78 is 27.8. The van der Waals surface area contributed by atoms with Crippen LogP contribution in [-0.4, -0.2) is 31.5 Å². The molecule has 0 bridgehead atoms. The van der Waals surface area contributed by atoms with Crippen LogP contribution in [0.2, 0.25) is 0 Å². The highest BCUT2D eigenvalue weighted by Crippen LogP contribution is 2.56. The molecule has 2 aliphatic rings. The lowest BCUT2D eigenvalue weighted by atomic mass is 9.51. The van der Waals surface area contributed by atoms with Crippen molar-refractivity contribution in [3.8, 4) is 0 Å². The Morgan fingerprint density at radius 2 is 2.14 bits per heavy atom. The van der Waals surface area contributed by atoms with Crippen molar-refractivity contribution >= 4 is 15.8 Å². The topological polar surface area (TPSA) is 83.5 Å². The summed E-state index contributed by atoms with van der Waals surface area (Å²) >= 11 is 0. The van der Waals surface area contributed by atoms with Gasteiger partial charge in [0.05, 0.1) is 11.0 Å². The highest BCUT2D eigenvalue weighted by atomic mass is 32.2. The summed E-state index contributed by atoms with van der Waals surface area (Å²) in [6.07, 6.45) is 3.19. The second-order valence-corrected chi connectivity index (χ2v) is 8.03. The van der Waals surface area contributed by atoms with E-state index in [9.17, 15) is 18.3 Å². The predicted octanol–water partition coefficient (Wildman–Crippen LogP) is 1.86. The van der Waals surface area contributed by atoms with Crippen molar-refractivity contribution in [3.05, 3.63) is 29.8 Å². The molecule has 120 valence electrons. The van der Waals surface area contributed by atoms with Crippen molar-refractivity contribution in [1.82, 2.24) is 4.72 Å². The van der Waals surface area contributed by atoms with E-state index < -0.39 is 16.1 Å². The van der Waals surface area contributed by atoms with Gasteiger partial charge in [-0.25, -0.2) is 13.1 Å². The van der Waals surface area contributed by atoms with Crippen LogP contribution < -0.4 is 4.72 Å². The third-order valence-corrected chi connectivity index (χ3v) is 6.66. The number of aliphatic hydroxyl groups excluding tert-OH is 1. The van der Waals surface area contributed by atoms with Crippen molar-refractivity contribution in [1.29, 1.82) is 0 Å². The minimum absolute atomic E-state index is 0.0772. The Hall–Kier alpha value is -1.24. The normalized spacial score (nSPS) is 26.3. The molecule has 2 saturated carbocycles. The number of hydrogen-bond donors (Lipinski definition) is 2. The van der Waals surface area contributed by atoms with Gasteiger partial charge in [-0.15, -0.1) is 0 Å². The van der Waals surface area contributed by atoms with Gasteiger partial charge in [0.2, 0.25) is 10.0 Å². The molecule has 0 aliphatic heterocycles. The first-order valence-corrected chi connectivity index (χ1v) is 9.21. The van der Waals surface area contributed by atoms with E-state index in [2.05, 4.69) is 4.72 Å². The lowest BCUT2D eigenvalue weighted by molar-refractivity contribution is -0.138. The van der Waals surface area contributed by atoms with Gasteiger partial charge >= 0.3 is 0 Å². The van der Waals surface area contributed by atoms with E-state index in [0.29, 0.717) is 18.4 Å². The summed E-state index contributed by atoms with van der Waals surface area (Å²) in [4.78, 5) is 11.8. The van der Waals surface area contributed by atoms with Gasteiger partial charge in [-0.05, 0) is 31.4 Å². The highest BCUT2D eigenvalue weighted by Gasteiger charge is 2.58. The molecule has 22 heavy (non-hydrogen) atoms. The highest BCUT2D eigenvalue weighted by molar-refractivity contribution is 7.89. The van der Waals surface area contributed by atoms with E-state index in [4.69, 9.17) is 0 Å². The smallest absolute Gasteiger partial charge is 0.240 e. The molecular formula is C16H21NO4S. The molecule has 2 fully saturated rings. The number of benzene rings is 1. The number of rotatable bonds is 5. The van der Waals surface area contributed by atoms with Crippen LogP contribution in [0.25, 0.3) is 0 Å². The number of carbonyl (C=O) groups is 1. The monoisotopic (exact) mass is 323 g/mol.